The summed E-state index contributed by atoms with van der Waals surface area (Å²) in [6.45, 7) is 6.70. The lowest BCUT2D eigenvalue weighted by atomic mass is 9.88. The van der Waals surface area contributed by atoms with Gasteiger partial charge in [0.25, 0.3) is 6.33 Å². The molecule has 5 nitrogen and oxygen atoms in total. The lowest BCUT2D eigenvalue weighted by molar-refractivity contribution is -0.571. The summed E-state index contributed by atoms with van der Waals surface area (Å²) in [7, 11) is 0. The van der Waals surface area contributed by atoms with E-state index in [1.54, 1.807) is 0 Å². The molecule has 0 saturated carbocycles. The predicted octanol–water partition coefficient (Wildman–Crippen LogP) is 10.9. The van der Waals surface area contributed by atoms with Crippen molar-refractivity contribution in [1.82, 2.24) is 14.1 Å². The van der Waals surface area contributed by atoms with Crippen molar-refractivity contribution in [2.75, 3.05) is 0 Å². The molecule has 3 aromatic heterocycles. The van der Waals surface area contributed by atoms with Gasteiger partial charge in [-0.25, -0.2) is 4.98 Å². The van der Waals surface area contributed by atoms with Crippen molar-refractivity contribution in [1.29, 1.82) is 0 Å². The van der Waals surface area contributed by atoms with E-state index in [4.69, 9.17) is 9.72 Å². The van der Waals surface area contributed by atoms with Gasteiger partial charge < -0.3 is 4.74 Å². The average molecular weight is 659 g/mol. The van der Waals surface area contributed by atoms with Gasteiger partial charge in [-0.3, -0.25) is 13.7 Å². The monoisotopic (exact) mass is 658 g/mol. The molecule has 0 amide bonds. The molecule has 10 rings (SSSR count). The molecule has 244 valence electrons. The van der Waals surface area contributed by atoms with Crippen LogP contribution in [0.25, 0.3) is 72.3 Å². The van der Waals surface area contributed by atoms with Crippen LogP contribution in [0.4, 0.5) is 0 Å². The Morgan fingerprint density at radius 2 is 1.27 bits per heavy atom. The van der Waals surface area contributed by atoms with E-state index in [0.717, 1.165) is 56.1 Å². The van der Waals surface area contributed by atoms with Gasteiger partial charge in [0.1, 0.15) is 17.3 Å². The number of benzene rings is 6. The van der Waals surface area contributed by atoms with Crippen molar-refractivity contribution in [3.63, 3.8) is 0 Å². The fraction of sp³-hybridized carbons (Fsp3) is 0.0870. The van der Waals surface area contributed by atoms with Gasteiger partial charge in [-0.1, -0.05) is 106 Å². The summed E-state index contributed by atoms with van der Waals surface area (Å²) in [4.78, 5) is 4.85. The van der Waals surface area contributed by atoms with Crippen LogP contribution >= 0.6 is 0 Å². The van der Waals surface area contributed by atoms with Gasteiger partial charge in [0.15, 0.2) is 0 Å². The molecule has 9 aromatic rings. The fourth-order valence-electron chi connectivity index (χ4n) is 7.68. The molecule has 0 unspecified atom stereocenters. The van der Waals surface area contributed by atoms with Crippen LogP contribution in [0.2, 0.25) is 0 Å². The number of hydrogen-bond donors (Lipinski definition) is 0. The van der Waals surface area contributed by atoms with Crippen LogP contribution in [0.3, 0.4) is 0 Å². The molecule has 1 aliphatic rings. The Bertz CT molecular complexity index is 2830. The molecule has 0 atom stereocenters. The van der Waals surface area contributed by atoms with Crippen LogP contribution in [0.5, 0.6) is 11.5 Å². The number of nitrogens with zero attached hydrogens (tertiary/aromatic N) is 4. The molecule has 0 fully saturated rings. The smallest absolute Gasteiger partial charge is 0.269 e. The summed E-state index contributed by atoms with van der Waals surface area (Å²) in [5.41, 5.74) is 12.5. The van der Waals surface area contributed by atoms with E-state index in [-0.39, 0.29) is 5.41 Å². The maximum Gasteiger partial charge on any atom is 0.269 e. The van der Waals surface area contributed by atoms with Gasteiger partial charge in [-0.15, -0.1) is 0 Å². The van der Waals surface area contributed by atoms with Gasteiger partial charge in [-0.2, -0.15) is 0 Å². The van der Waals surface area contributed by atoms with Gasteiger partial charge in [0, 0.05) is 23.0 Å². The number of aromatic nitrogens is 4. The largest absolute Gasteiger partial charge is 0.458 e. The molecule has 51 heavy (non-hydrogen) atoms. The number of imidazole rings is 1. The highest BCUT2D eigenvalue weighted by Crippen LogP contribution is 2.41. The Kier molecular flexibility index (Phi) is 6.37. The van der Waals surface area contributed by atoms with Crippen molar-refractivity contribution < 1.29 is 9.30 Å². The molecular weight excluding hydrogens is 625 g/mol. The van der Waals surface area contributed by atoms with Crippen LogP contribution in [0.1, 0.15) is 26.3 Å². The van der Waals surface area contributed by atoms with E-state index < -0.39 is 0 Å². The first kappa shape index (κ1) is 29.5. The average Bonchev–Trinajstić information content (AvgIpc) is 3.67. The molecule has 4 heterocycles. The number of rotatable bonds is 4. The van der Waals surface area contributed by atoms with Crippen LogP contribution < -0.4 is 9.30 Å². The second kappa shape index (κ2) is 11.0. The van der Waals surface area contributed by atoms with Crippen molar-refractivity contribution in [3.05, 3.63) is 164 Å². The molecular formula is C46H34N4O. The fourth-order valence-corrected chi connectivity index (χ4v) is 7.68. The number of para-hydroxylation sites is 3. The second-order valence-corrected chi connectivity index (χ2v) is 14.3. The van der Waals surface area contributed by atoms with Gasteiger partial charge in [0.2, 0.25) is 0 Å². The van der Waals surface area contributed by atoms with Crippen molar-refractivity contribution in [3.8, 4) is 50.9 Å². The first-order valence-electron chi connectivity index (χ1n) is 17.4. The summed E-state index contributed by atoms with van der Waals surface area (Å²) >= 11 is 0. The molecule has 6 aromatic carbocycles. The summed E-state index contributed by atoms with van der Waals surface area (Å²) in [5, 5.41) is 2.34. The third-order valence-corrected chi connectivity index (χ3v) is 10.1. The highest BCUT2D eigenvalue weighted by molar-refractivity contribution is 6.09. The second-order valence-electron chi connectivity index (χ2n) is 14.3. The maximum atomic E-state index is 6.65. The zero-order chi connectivity index (χ0) is 34.3. The van der Waals surface area contributed by atoms with E-state index in [0.29, 0.717) is 0 Å². The van der Waals surface area contributed by atoms with Crippen LogP contribution in [-0.2, 0) is 5.41 Å². The molecule has 0 saturated heterocycles. The standard InChI is InChI=1S/C46H34N4O/c1-46(2,3)30-24-25-47-44(26-30)50-41-20-9-7-17-37(41)38-23-22-33(28-43(38)50)51-32-13-10-12-31(27-32)48-29-49-40-19-8-6-16-36(40)34-14-4-5-15-35(34)39-18-11-21-42(48)45(39)49/h4-28H,1-3H3. The van der Waals surface area contributed by atoms with E-state index in [1.807, 2.05) is 18.3 Å². The number of fused-ring (bicyclic) bond motifs is 8. The minimum Gasteiger partial charge on any atom is -0.458 e. The number of ether oxygens (including phenoxy) is 1. The molecule has 0 spiro atoms. The number of hydrogen-bond acceptors (Lipinski definition) is 2. The Balaban J connectivity index is 1.09. The molecule has 0 N–H and O–H groups in total. The van der Waals surface area contributed by atoms with E-state index in [9.17, 15) is 0 Å². The zero-order valence-corrected chi connectivity index (χ0v) is 28.6. The van der Waals surface area contributed by atoms with Gasteiger partial charge >= 0.3 is 0 Å². The molecule has 5 heteroatoms. The van der Waals surface area contributed by atoms with Gasteiger partial charge in [0.05, 0.1) is 33.4 Å². The topological polar surface area (TPSA) is 35.9 Å². The lowest BCUT2D eigenvalue weighted by Gasteiger charge is -2.20. The number of pyridine rings is 1. The summed E-state index contributed by atoms with van der Waals surface area (Å²) < 4.78 is 13.3. The Morgan fingerprint density at radius 1 is 0.588 bits per heavy atom. The maximum absolute atomic E-state index is 6.65. The molecule has 0 radical (unpaired) electrons. The highest BCUT2D eigenvalue weighted by Gasteiger charge is 2.24. The van der Waals surface area contributed by atoms with Crippen LogP contribution in [0, 0.1) is 6.33 Å². The minimum atomic E-state index is 0.00386. The van der Waals surface area contributed by atoms with Crippen molar-refractivity contribution >= 4 is 32.8 Å². The Morgan fingerprint density at radius 3 is 2.14 bits per heavy atom. The third kappa shape index (κ3) is 4.62. The summed E-state index contributed by atoms with van der Waals surface area (Å²) in [6.07, 6.45) is 5.63. The molecule has 0 aliphatic carbocycles. The van der Waals surface area contributed by atoms with E-state index >= 15 is 0 Å². The van der Waals surface area contributed by atoms with Crippen LogP contribution in [-0.4, -0.2) is 14.1 Å². The van der Waals surface area contributed by atoms with E-state index in [2.05, 4.69) is 174 Å². The SMILES string of the molecule is CC(C)(C)c1ccnc(-n2c3ccccc3c3ccc(Oc4cccc(-n5[c-][n+]6c7c(cccc75)-c5ccccc5-c5ccccc5-6)c4)cc32)c1. The van der Waals surface area contributed by atoms with Crippen molar-refractivity contribution in [2.45, 2.75) is 26.2 Å². The van der Waals surface area contributed by atoms with E-state index in [1.165, 1.54) is 33.2 Å². The third-order valence-electron chi connectivity index (χ3n) is 10.1. The zero-order valence-electron chi connectivity index (χ0n) is 28.6. The Hall–Kier alpha value is -6.46. The first-order chi connectivity index (χ1) is 24.9. The lowest BCUT2D eigenvalue weighted by Crippen LogP contribution is -2.30. The summed E-state index contributed by atoms with van der Waals surface area (Å²) in [6, 6.07) is 51.2. The Labute approximate surface area is 296 Å². The van der Waals surface area contributed by atoms with Crippen molar-refractivity contribution in [2.24, 2.45) is 0 Å². The highest BCUT2D eigenvalue weighted by atomic mass is 16.5. The van der Waals surface area contributed by atoms with Gasteiger partial charge in [-0.05, 0) is 87.8 Å². The quantitative estimate of drug-likeness (QED) is 0.139. The normalized spacial score (nSPS) is 12.2. The minimum absolute atomic E-state index is 0.00386. The first-order valence-corrected chi connectivity index (χ1v) is 17.4. The summed E-state index contributed by atoms with van der Waals surface area (Å²) in [5.74, 6) is 2.40. The van der Waals surface area contributed by atoms with Crippen LogP contribution in [0.15, 0.2) is 152 Å². The molecule has 0 bridgehead atoms. The molecule has 1 aliphatic heterocycles. The predicted molar refractivity (Wildman–Crippen MR) is 205 cm³/mol.